The molecule has 104 valence electrons. The fourth-order valence-electron chi connectivity index (χ4n) is 1.85. The van der Waals surface area contributed by atoms with Crippen LogP contribution in [-0.4, -0.2) is 31.6 Å². The molecule has 0 aliphatic heterocycles. The van der Waals surface area contributed by atoms with Gasteiger partial charge in [0.15, 0.2) is 0 Å². The van der Waals surface area contributed by atoms with Crippen molar-refractivity contribution in [2.24, 2.45) is 0 Å². The summed E-state index contributed by atoms with van der Waals surface area (Å²) < 4.78 is 5.39. The molecule has 1 saturated carbocycles. The molecule has 0 atom stereocenters. The zero-order valence-corrected chi connectivity index (χ0v) is 11.4. The van der Waals surface area contributed by atoms with E-state index in [1.165, 1.54) is 18.4 Å². The largest absolute Gasteiger partial charge is 0.494 e. The van der Waals surface area contributed by atoms with E-state index in [1.807, 2.05) is 31.2 Å². The SMILES string of the molecule is CCOc1ccc(CCNC(=O)CNC2CC2)cc1. The highest BCUT2D eigenvalue weighted by atomic mass is 16.5. The van der Waals surface area contributed by atoms with Crippen LogP contribution >= 0.6 is 0 Å². The molecule has 0 spiro atoms. The molecular weight excluding hydrogens is 240 g/mol. The summed E-state index contributed by atoms with van der Waals surface area (Å²) in [5.74, 6) is 0.974. The Morgan fingerprint density at radius 2 is 2.05 bits per heavy atom. The lowest BCUT2D eigenvalue weighted by atomic mass is 10.1. The Balaban J connectivity index is 1.62. The van der Waals surface area contributed by atoms with E-state index < -0.39 is 0 Å². The standard InChI is InChI=1S/C15H22N2O2/c1-2-19-14-7-3-12(4-8-14)9-10-16-15(18)11-17-13-5-6-13/h3-4,7-8,13,17H,2,5-6,9-11H2,1H3,(H,16,18). The predicted octanol–water partition coefficient (Wildman–Crippen LogP) is 1.50. The number of carbonyl (C=O) groups excluding carboxylic acids is 1. The van der Waals surface area contributed by atoms with Gasteiger partial charge >= 0.3 is 0 Å². The summed E-state index contributed by atoms with van der Waals surface area (Å²) >= 11 is 0. The molecule has 0 radical (unpaired) electrons. The van der Waals surface area contributed by atoms with Crippen LogP contribution < -0.4 is 15.4 Å². The second kappa shape index (κ2) is 7.14. The first-order valence-corrected chi connectivity index (χ1v) is 6.99. The van der Waals surface area contributed by atoms with Crippen LogP contribution in [0.2, 0.25) is 0 Å². The Morgan fingerprint density at radius 3 is 2.68 bits per heavy atom. The third kappa shape index (κ3) is 5.30. The van der Waals surface area contributed by atoms with Crippen LogP contribution in [0, 0.1) is 0 Å². The third-order valence-electron chi connectivity index (χ3n) is 3.10. The molecule has 1 aromatic rings. The van der Waals surface area contributed by atoms with Crippen molar-refractivity contribution < 1.29 is 9.53 Å². The maximum Gasteiger partial charge on any atom is 0.233 e. The number of amides is 1. The second-order valence-corrected chi connectivity index (χ2v) is 4.83. The topological polar surface area (TPSA) is 50.4 Å². The van der Waals surface area contributed by atoms with Gasteiger partial charge in [-0.3, -0.25) is 4.79 Å². The van der Waals surface area contributed by atoms with Crippen molar-refractivity contribution in [1.29, 1.82) is 0 Å². The van der Waals surface area contributed by atoms with E-state index in [9.17, 15) is 4.79 Å². The van der Waals surface area contributed by atoms with Crippen LogP contribution in [0.4, 0.5) is 0 Å². The van der Waals surface area contributed by atoms with Gasteiger partial charge in [-0.1, -0.05) is 12.1 Å². The number of carbonyl (C=O) groups is 1. The molecule has 1 aromatic carbocycles. The predicted molar refractivity (Wildman–Crippen MR) is 75.3 cm³/mol. The molecule has 0 aromatic heterocycles. The highest BCUT2D eigenvalue weighted by Crippen LogP contribution is 2.17. The average Bonchev–Trinajstić information content (AvgIpc) is 3.23. The van der Waals surface area contributed by atoms with Gasteiger partial charge in [0, 0.05) is 12.6 Å². The molecule has 1 amide bonds. The molecule has 1 aliphatic rings. The van der Waals surface area contributed by atoms with Crippen molar-refractivity contribution in [2.45, 2.75) is 32.2 Å². The Labute approximate surface area is 114 Å². The highest BCUT2D eigenvalue weighted by Gasteiger charge is 2.20. The zero-order valence-electron chi connectivity index (χ0n) is 11.4. The van der Waals surface area contributed by atoms with Crippen molar-refractivity contribution >= 4 is 5.91 Å². The lowest BCUT2D eigenvalue weighted by Gasteiger charge is -2.07. The Morgan fingerprint density at radius 1 is 1.32 bits per heavy atom. The van der Waals surface area contributed by atoms with E-state index in [1.54, 1.807) is 0 Å². The minimum atomic E-state index is 0.0813. The van der Waals surface area contributed by atoms with E-state index >= 15 is 0 Å². The molecular formula is C15H22N2O2. The second-order valence-electron chi connectivity index (χ2n) is 4.83. The summed E-state index contributed by atoms with van der Waals surface area (Å²) in [6.07, 6.45) is 3.26. The highest BCUT2D eigenvalue weighted by molar-refractivity contribution is 5.78. The number of ether oxygens (including phenoxy) is 1. The maximum absolute atomic E-state index is 11.5. The Kier molecular flexibility index (Phi) is 5.21. The first kappa shape index (κ1) is 13.9. The lowest BCUT2D eigenvalue weighted by Crippen LogP contribution is -2.35. The van der Waals surface area contributed by atoms with Crippen molar-refractivity contribution in [1.82, 2.24) is 10.6 Å². The minimum absolute atomic E-state index is 0.0813. The molecule has 0 unspecified atom stereocenters. The van der Waals surface area contributed by atoms with E-state index in [-0.39, 0.29) is 5.91 Å². The van der Waals surface area contributed by atoms with Gasteiger partial charge < -0.3 is 15.4 Å². The van der Waals surface area contributed by atoms with Crippen LogP contribution in [0.3, 0.4) is 0 Å². The van der Waals surface area contributed by atoms with Crippen molar-refractivity contribution in [3.63, 3.8) is 0 Å². The summed E-state index contributed by atoms with van der Waals surface area (Å²) in [7, 11) is 0. The van der Waals surface area contributed by atoms with Crippen molar-refractivity contribution in [2.75, 3.05) is 19.7 Å². The van der Waals surface area contributed by atoms with Gasteiger partial charge in [-0.25, -0.2) is 0 Å². The molecule has 1 aliphatic carbocycles. The minimum Gasteiger partial charge on any atom is -0.494 e. The van der Waals surface area contributed by atoms with E-state index in [2.05, 4.69) is 10.6 Å². The quantitative estimate of drug-likeness (QED) is 0.746. The monoisotopic (exact) mass is 262 g/mol. The lowest BCUT2D eigenvalue weighted by molar-refractivity contribution is -0.120. The number of nitrogens with one attached hydrogen (secondary N) is 2. The van der Waals surface area contributed by atoms with Gasteiger partial charge in [0.05, 0.1) is 13.2 Å². The zero-order chi connectivity index (χ0) is 13.5. The van der Waals surface area contributed by atoms with Gasteiger partial charge in [-0.2, -0.15) is 0 Å². The van der Waals surface area contributed by atoms with Crippen LogP contribution in [0.15, 0.2) is 24.3 Å². The van der Waals surface area contributed by atoms with E-state index in [0.717, 1.165) is 12.2 Å². The Bertz CT molecular complexity index is 399. The normalized spacial score (nSPS) is 14.2. The van der Waals surface area contributed by atoms with Crippen LogP contribution in [-0.2, 0) is 11.2 Å². The first-order valence-electron chi connectivity index (χ1n) is 6.99. The summed E-state index contributed by atoms with van der Waals surface area (Å²) in [5, 5.41) is 6.12. The van der Waals surface area contributed by atoms with Gasteiger partial charge in [-0.15, -0.1) is 0 Å². The molecule has 4 heteroatoms. The molecule has 2 rings (SSSR count). The van der Waals surface area contributed by atoms with Crippen LogP contribution in [0.1, 0.15) is 25.3 Å². The Hall–Kier alpha value is -1.55. The number of rotatable bonds is 8. The average molecular weight is 262 g/mol. The fraction of sp³-hybridized carbons (Fsp3) is 0.533. The summed E-state index contributed by atoms with van der Waals surface area (Å²) in [4.78, 5) is 11.5. The van der Waals surface area contributed by atoms with E-state index in [0.29, 0.717) is 25.7 Å². The van der Waals surface area contributed by atoms with E-state index in [4.69, 9.17) is 4.74 Å². The van der Waals surface area contributed by atoms with Crippen LogP contribution in [0.5, 0.6) is 5.75 Å². The van der Waals surface area contributed by atoms with Crippen LogP contribution in [0.25, 0.3) is 0 Å². The fourth-order valence-corrected chi connectivity index (χ4v) is 1.85. The number of benzene rings is 1. The van der Waals surface area contributed by atoms with Gasteiger partial charge in [0.25, 0.3) is 0 Å². The summed E-state index contributed by atoms with van der Waals surface area (Å²) in [6.45, 7) is 3.77. The molecule has 0 heterocycles. The molecule has 2 N–H and O–H groups in total. The third-order valence-corrected chi connectivity index (χ3v) is 3.10. The van der Waals surface area contributed by atoms with Gasteiger partial charge in [0.2, 0.25) is 5.91 Å². The molecule has 4 nitrogen and oxygen atoms in total. The van der Waals surface area contributed by atoms with Gasteiger partial charge in [0.1, 0.15) is 5.75 Å². The van der Waals surface area contributed by atoms with Crippen molar-refractivity contribution in [3.05, 3.63) is 29.8 Å². The van der Waals surface area contributed by atoms with Gasteiger partial charge in [-0.05, 0) is 43.9 Å². The maximum atomic E-state index is 11.5. The molecule has 19 heavy (non-hydrogen) atoms. The first-order chi connectivity index (χ1) is 9.28. The molecule has 1 fully saturated rings. The molecule has 0 bridgehead atoms. The smallest absolute Gasteiger partial charge is 0.233 e. The molecule has 0 saturated heterocycles. The number of hydrogen-bond donors (Lipinski definition) is 2. The summed E-state index contributed by atoms with van der Waals surface area (Å²) in [5.41, 5.74) is 1.21. The summed E-state index contributed by atoms with van der Waals surface area (Å²) in [6, 6.07) is 8.60. The number of hydrogen-bond acceptors (Lipinski definition) is 3. The van der Waals surface area contributed by atoms with Crippen molar-refractivity contribution in [3.8, 4) is 5.75 Å².